The molecule has 0 bridgehead atoms. The minimum Gasteiger partial charge on any atom is -0.368 e. The summed E-state index contributed by atoms with van der Waals surface area (Å²) in [5.74, 6) is -0.0509. The van der Waals surface area contributed by atoms with Crippen LogP contribution in [0.1, 0.15) is 51.0 Å². The molecule has 0 unspecified atom stereocenters. The highest BCUT2D eigenvalue weighted by Gasteiger charge is 2.23. The SMILES string of the molecule is CC.CC(=O)c1ccccc1Sc1cc(NC(=O)[C@H]2CCCO2)ccc1C.[HH]. The Morgan fingerprint density at radius 1 is 1.15 bits per heavy atom. The summed E-state index contributed by atoms with van der Waals surface area (Å²) in [6, 6.07) is 13.4. The Morgan fingerprint density at radius 2 is 1.89 bits per heavy atom. The first-order chi connectivity index (χ1) is 13.0. The number of carbonyl (C=O) groups excluding carboxylic acids is 2. The molecular weight excluding hydrogens is 358 g/mol. The lowest BCUT2D eigenvalue weighted by atomic mass is 10.1. The highest BCUT2D eigenvalue weighted by Crippen LogP contribution is 2.34. The minimum absolute atomic E-state index is 0. The molecule has 0 radical (unpaired) electrons. The van der Waals surface area contributed by atoms with E-state index >= 15 is 0 Å². The van der Waals surface area contributed by atoms with Gasteiger partial charge in [0.1, 0.15) is 6.10 Å². The summed E-state index contributed by atoms with van der Waals surface area (Å²) in [5.41, 5.74) is 2.55. The van der Waals surface area contributed by atoms with Crippen molar-refractivity contribution in [3.05, 3.63) is 53.6 Å². The van der Waals surface area contributed by atoms with Gasteiger partial charge in [0, 0.05) is 29.1 Å². The number of nitrogens with one attached hydrogen (secondary N) is 1. The highest BCUT2D eigenvalue weighted by molar-refractivity contribution is 7.99. The van der Waals surface area contributed by atoms with E-state index < -0.39 is 0 Å². The van der Waals surface area contributed by atoms with Gasteiger partial charge in [0.2, 0.25) is 0 Å². The third kappa shape index (κ3) is 5.68. The summed E-state index contributed by atoms with van der Waals surface area (Å²) in [6.45, 7) is 8.24. The maximum absolute atomic E-state index is 12.2. The predicted octanol–water partition coefficient (Wildman–Crippen LogP) is 5.74. The monoisotopic (exact) mass is 387 g/mol. The van der Waals surface area contributed by atoms with Crippen molar-refractivity contribution >= 4 is 29.1 Å². The van der Waals surface area contributed by atoms with Crippen LogP contribution >= 0.6 is 11.8 Å². The van der Waals surface area contributed by atoms with Gasteiger partial charge in [-0.1, -0.05) is 49.9 Å². The summed E-state index contributed by atoms with van der Waals surface area (Å²) in [5, 5.41) is 2.93. The van der Waals surface area contributed by atoms with Gasteiger partial charge in [-0.05, 0) is 50.5 Å². The van der Waals surface area contributed by atoms with Gasteiger partial charge in [-0.15, -0.1) is 0 Å². The lowest BCUT2D eigenvalue weighted by Gasteiger charge is -2.13. The van der Waals surface area contributed by atoms with Gasteiger partial charge in [-0.2, -0.15) is 0 Å². The predicted molar refractivity (Wildman–Crippen MR) is 113 cm³/mol. The van der Waals surface area contributed by atoms with Crippen molar-refractivity contribution in [2.45, 2.75) is 56.4 Å². The maximum atomic E-state index is 12.2. The molecule has 0 aromatic heterocycles. The topological polar surface area (TPSA) is 55.4 Å². The van der Waals surface area contributed by atoms with Crippen molar-refractivity contribution in [2.24, 2.45) is 0 Å². The molecule has 1 saturated heterocycles. The number of hydrogen-bond donors (Lipinski definition) is 1. The molecule has 2 aromatic rings. The van der Waals surface area contributed by atoms with E-state index in [0.29, 0.717) is 12.2 Å². The van der Waals surface area contributed by atoms with Crippen LogP contribution in [0.5, 0.6) is 0 Å². The number of Topliss-reactive ketones (excluding diaryl/α,β-unsaturated/α-hetero) is 1. The van der Waals surface area contributed by atoms with Crippen LogP contribution in [0.3, 0.4) is 0 Å². The first-order valence-electron chi connectivity index (χ1n) is 9.35. The Labute approximate surface area is 167 Å². The number of aryl methyl sites for hydroxylation is 1. The van der Waals surface area contributed by atoms with Crippen LogP contribution in [-0.4, -0.2) is 24.4 Å². The standard InChI is InChI=1S/C20H21NO3S.C2H6.H2/c1-13-9-10-15(21-20(23)17-7-5-11-24-17)12-19(13)25-18-8-4-3-6-16(18)14(2)22;1-2;/h3-4,6,8-10,12,17H,5,7,11H2,1-2H3,(H,21,23);1-2H3;1H/t17-;;/m1../s1. The van der Waals surface area contributed by atoms with E-state index in [1.165, 1.54) is 11.8 Å². The van der Waals surface area contributed by atoms with Crippen LogP contribution in [0.2, 0.25) is 0 Å². The second-order valence-electron chi connectivity index (χ2n) is 6.13. The van der Waals surface area contributed by atoms with E-state index in [2.05, 4.69) is 5.32 Å². The van der Waals surface area contributed by atoms with E-state index in [1.807, 2.05) is 63.2 Å². The van der Waals surface area contributed by atoms with Gasteiger partial charge in [-0.3, -0.25) is 9.59 Å². The first-order valence-corrected chi connectivity index (χ1v) is 10.2. The van der Waals surface area contributed by atoms with E-state index in [9.17, 15) is 9.59 Å². The number of carbonyl (C=O) groups is 2. The average Bonchev–Trinajstić information content (AvgIpc) is 3.21. The normalized spacial score (nSPS) is 15.6. The zero-order valence-electron chi connectivity index (χ0n) is 16.4. The number of ketones is 1. The van der Waals surface area contributed by atoms with Gasteiger partial charge in [0.25, 0.3) is 5.91 Å². The molecular formula is C22H29NO3S. The van der Waals surface area contributed by atoms with Crippen molar-refractivity contribution in [3.8, 4) is 0 Å². The maximum Gasteiger partial charge on any atom is 0.253 e. The number of amides is 1. The summed E-state index contributed by atoms with van der Waals surface area (Å²) in [4.78, 5) is 26.0. The molecule has 1 aliphatic heterocycles. The number of benzene rings is 2. The summed E-state index contributed by atoms with van der Waals surface area (Å²) in [6.07, 6.45) is 1.34. The molecule has 0 saturated carbocycles. The number of rotatable bonds is 5. The molecule has 1 aliphatic rings. The third-order valence-corrected chi connectivity index (χ3v) is 5.40. The highest BCUT2D eigenvalue weighted by atomic mass is 32.2. The summed E-state index contributed by atoms with van der Waals surface area (Å²) < 4.78 is 5.42. The Kier molecular flexibility index (Phi) is 8.07. The van der Waals surface area contributed by atoms with Crippen molar-refractivity contribution in [1.82, 2.24) is 0 Å². The smallest absolute Gasteiger partial charge is 0.253 e. The Morgan fingerprint density at radius 3 is 2.56 bits per heavy atom. The minimum atomic E-state index is -0.351. The van der Waals surface area contributed by atoms with E-state index in [1.54, 1.807) is 6.92 Å². The fraction of sp³-hybridized carbons (Fsp3) is 0.364. The van der Waals surface area contributed by atoms with Crippen LogP contribution in [0.4, 0.5) is 5.69 Å². The van der Waals surface area contributed by atoms with Gasteiger partial charge in [0.15, 0.2) is 5.78 Å². The van der Waals surface area contributed by atoms with Crippen molar-refractivity contribution in [3.63, 3.8) is 0 Å². The van der Waals surface area contributed by atoms with E-state index in [0.717, 1.165) is 33.9 Å². The van der Waals surface area contributed by atoms with Crippen molar-refractivity contribution < 1.29 is 15.8 Å². The molecule has 27 heavy (non-hydrogen) atoms. The van der Waals surface area contributed by atoms with Crippen LogP contribution < -0.4 is 5.32 Å². The molecule has 3 rings (SSSR count). The van der Waals surface area contributed by atoms with Crippen LogP contribution in [0.15, 0.2) is 52.3 Å². The van der Waals surface area contributed by atoms with E-state index in [-0.39, 0.29) is 19.2 Å². The number of anilines is 1. The van der Waals surface area contributed by atoms with Crippen molar-refractivity contribution in [1.29, 1.82) is 0 Å². The van der Waals surface area contributed by atoms with E-state index in [4.69, 9.17) is 4.74 Å². The van der Waals surface area contributed by atoms with Crippen molar-refractivity contribution in [2.75, 3.05) is 11.9 Å². The van der Waals surface area contributed by atoms with Gasteiger partial charge in [0.05, 0.1) is 0 Å². The molecule has 1 fully saturated rings. The summed E-state index contributed by atoms with van der Waals surface area (Å²) >= 11 is 1.54. The Bertz CT molecular complexity index is 804. The fourth-order valence-electron chi connectivity index (χ4n) is 2.76. The molecule has 5 heteroatoms. The zero-order chi connectivity index (χ0) is 19.8. The first kappa shape index (κ1) is 21.2. The van der Waals surface area contributed by atoms with Gasteiger partial charge >= 0.3 is 0 Å². The van der Waals surface area contributed by atoms with Crippen LogP contribution in [0.25, 0.3) is 0 Å². The molecule has 2 aromatic carbocycles. The lowest BCUT2D eigenvalue weighted by molar-refractivity contribution is -0.124. The van der Waals surface area contributed by atoms with Crippen LogP contribution in [-0.2, 0) is 9.53 Å². The molecule has 1 atom stereocenters. The lowest BCUT2D eigenvalue weighted by Crippen LogP contribution is -2.26. The average molecular weight is 388 g/mol. The van der Waals surface area contributed by atoms with Gasteiger partial charge < -0.3 is 10.1 Å². The second kappa shape index (κ2) is 10.3. The molecule has 0 spiro atoms. The molecule has 1 amide bonds. The van der Waals surface area contributed by atoms with Gasteiger partial charge in [-0.25, -0.2) is 0 Å². The molecule has 4 nitrogen and oxygen atoms in total. The quantitative estimate of drug-likeness (QED) is 0.665. The summed E-state index contributed by atoms with van der Waals surface area (Å²) in [7, 11) is 0. The third-order valence-electron chi connectivity index (χ3n) is 4.16. The molecule has 146 valence electrons. The zero-order valence-corrected chi connectivity index (χ0v) is 17.2. The number of ether oxygens (including phenoxy) is 1. The Hall–Kier alpha value is -2.11. The second-order valence-corrected chi connectivity index (χ2v) is 7.21. The van der Waals surface area contributed by atoms with Crippen LogP contribution in [0, 0.1) is 6.92 Å². The fourth-order valence-corrected chi connectivity index (χ4v) is 3.88. The largest absolute Gasteiger partial charge is 0.368 e. The Balaban J connectivity index is 0.00000127. The molecule has 1 heterocycles. The number of hydrogen-bond acceptors (Lipinski definition) is 4. The molecule has 0 aliphatic carbocycles. The molecule has 1 N–H and O–H groups in total.